The Kier molecular flexibility index (Phi) is 5.77. The number of nitrogens with zero attached hydrogens (tertiary/aromatic N) is 2. The van der Waals surface area contributed by atoms with Crippen LogP contribution in [0.5, 0.6) is 0 Å². The van der Waals surface area contributed by atoms with Crippen molar-refractivity contribution >= 4 is 27.5 Å². The van der Waals surface area contributed by atoms with Crippen LogP contribution in [0, 0.1) is 29.1 Å². The molecule has 160 valence electrons. The average molecular weight is 466 g/mol. The highest BCUT2D eigenvalue weighted by molar-refractivity contribution is 9.10. The summed E-state index contributed by atoms with van der Waals surface area (Å²) in [5.74, 6) is 2.31. The molecule has 3 N–H and O–H groups in total. The number of hydrogen-bond donors (Lipinski definition) is 3. The summed E-state index contributed by atoms with van der Waals surface area (Å²) in [5, 5.41) is 14.0. The SMILES string of the molecule is C[C@H]1[C@H]2C[C@H](C[C@H]1Nc1cnn(CC(=O)NC[C@H]3CCNC3)c(=O)c1Br)C2(C)C. The Balaban J connectivity index is 1.37. The Bertz CT molecular complexity index is 833. The van der Waals surface area contributed by atoms with Gasteiger partial charge in [0, 0.05) is 12.6 Å². The average Bonchev–Trinajstić information content (AvgIpc) is 3.20. The first-order valence-electron chi connectivity index (χ1n) is 10.8. The largest absolute Gasteiger partial charge is 0.380 e. The number of carbonyl (C=O) groups is 1. The van der Waals surface area contributed by atoms with Crippen molar-refractivity contribution in [2.45, 2.75) is 52.6 Å². The molecule has 1 saturated heterocycles. The monoisotopic (exact) mass is 465 g/mol. The van der Waals surface area contributed by atoms with Crippen LogP contribution in [0.1, 0.15) is 40.0 Å². The molecule has 0 unspecified atom stereocenters. The summed E-state index contributed by atoms with van der Waals surface area (Å²) < 4.78 is 1.67. The zero-order valence-electron chi connectivity index (χ0n) is 17.5. The summed E-state index contributed by atoms with van der Waals surface area (Å²) in [4.78, 5) is 24.9. The van der Waals surface area contributed by atoms with Crippen molar-refractivity contribution in [1.29, 1.82) is 0 Å². The van der Waals surface area contributed by atoms with Gasteiger partial charge in [0.1, 0.15) is 11.0 Å². The van der Waals surface area contributed by atoms with Crippen LogP contribution in [0.4, 0.5) is 5.69 Å². The number of nitrogens with one attached hydrogen (secondary N) is 3. The molecular weight excluding hydrogens is 434 g/mol. The maximum absolute atomic E-state index is 12.7. The van der Waals surface area contributed by atoms with Gasteiger partial charge in [-0.05, 0) is 77.4 Å². The second kappa shape index (κ2) is 8.02. The Morgan fingerprint density at radius 2 is 2.21 bits per heavy atom. The van der Waals surface area contributed by atoms with E-state index in [4.69, 9.17) is 0 Å². The molecule has 0 radical (unpaired) electrons. The fourth-order valence-electron chi connectivity index (χ4n) is 5.56. The minimum Gasteiger partial charge on any atom is -0.380 e. The van der Waals surface area contributed by atoms with Gasteiger partial charge >= 0.3 is 0 Å². The van der Waals surface area contributed by atoms with Crippen molar-refractivity contribution < 1.29 is 4.79 Å². The Morgan fingerprint density at radius 3 is 2.86 bits per heavy atom. The maximum atomic E-state index is 12.7. The molecule has 3 aliphatic carbocycles. The minimum atomic E-state index is -0.276. The summed E-state index contributed by atoms with van der Waals surface area (Å²) in [6.07, 6.45) is 5.18. The standard InChI is InChI=1S/C21H32BrN5O2/c1-12-15-6-14(21(15,2)3)7-16(12)26-17-10-25-27(20(29)19(17)22)11-18(28)24-9-13-4-5-23-8-13/h10,12-16,23,26H,4-9,11H2,1-3H3,(H,24,28)/t12-,13-,14+,15+,16+/m0/s1. The Morgan fingerprint density at radius 1 is 1.41 bits per heavy atom. The molecule has 4 fully saturated rings. The zero-order valence-corrected chi connectivity index (χ0v) is 19.1. The van der Waals surface area contributed by atoms with Crippen molar-refractivity contribution in [2.24, 2.45) is 29.1 Å². The topological polar surface area (TPSA) is 88.1 Å². The third kappa shape index (κ3) is 3.98. The normalized spacial score (nSPS) is 32.5. The number of anilines is 1. The van der Waals surface area contributed by atoms with Crippen molar-refractivity contribution in [3.63, 3.8) is 0 Å². The van der Waals surface area contributed by atoms with Crippen LogP contribution >= 0.6 is 15.9 Å². The molecule has 5 atom stereocenters. The van der Waals surface area contributed by atoms with E-state index in [0.29, 0.717) is 34.3 Å². The summed E-state index contributed by atoms with van der Waals surface area (Å²) in [6.45, 7) is 9.59. The first kappa shape index (κ1) is 20.8. The number of carbonyl (C=O) groups excluding carboxylic acids is 1. The minimum absolute atomic E-state index is 0.0595. The summed E-state index contributed by atoms with van der Waals surface area (Å²) >= 11 is 3.43. The molecule has 2 heterocycles. The van der Waals surface area contributed by atoms with E-state index in [2.05, 4.69) is 57.8 Å². The molecule has 0 spiro atoms. The lowest BCUT2D eigenvalue weighted by molar-refractivity contribution is -0.122. The zero-order chi connectivity index (χ0) is 20.8. The summed E-state index contributed by atoms with van der Waals surface area (Å²) in [6, 6.07) is 0.350. The Hall–Kier alpha value is -1.41. The molecular formula is C21H32BrN5O2. The van der Waals surface area contributed by atoms with Crippen molar-refractivity contribution in [2.75, 3.05) is 25.0 Å². The lowest BCUT2D eigenvalue weighted by atomic mass is 9.45. The lowest BCUT2D eigenvalue weighted by Gasteiger charge is -2.62. The predicted octanol–water partition coefficient (Wildman–Crippen LogP) is 2.21. The number of hydrogen-bond acceptors (Lipinski definition) is 5. The van der Waals surface area contributed by atoms with E-state index < -0.39 is 0 Å². The van der Waals surface area contributed by atoms with Crippen LogP contribution in [-0.4, -0.2) is 41.4 Å². The number of rotatable bonds is 6. The van der Waals surface area contributed by atoms with Gasteiger partial charge in [-0.1, -0.05) is 20.8 Å². The van der Waals surface area contributed by atoms with E-state index in [0.717, 1.165) is 43.5 Å². The highest BCUT2D eigenvalue weighted by atomic mass is 79.9. The van der Waals surface area contributed by atoms with Gasteiger partial charge in [0.2, 0.25) is 5.91 Å². The van der Waals surface area contributed by atoms with Crippen LogP contribution in [0.25, 0.3) is 0 Å². The third-order valence-corrected chi connectivity index (χ3v) is 8.49. The van der Waals surface area contributed by atoms with Crippen LogP contribution in [0.2, 0.25) is 0 Å². The van der Waals surface area contributed by atoms with E-state index in [1.165, 1.54) is 11.1 Å². The van der Waals surface area contributed by atoms with Crippen LogP contribution in [0.15, 0.2) is 15.5 Å². The highest BCUT2D eigenvalue weighted by Crippen LogP contribution is 2.61. The number of fused-ring (bicyclic) bond motifs is 2. The predicted molar refractivity (Wildman–Crippen MR) is 117 cm³/mol. The van der Waals surface area contributed by atoms with Crippen molar-refractivity contribution in [1.82, 2.24) is 20.4 Å². The lowest BCUT2D eigenvalue weighted by Crippen LogP contribution is -2.58. The Labute approximate surface area is 180 Å². The first-order chi connectivity index (χ1) is 13.8. The van der Waals surface area contributed by atoms with E-state index in [-0.39, 0.29) is 18.0 Å². The van der Waals surface area contributed by atoms with Gasteiger partial charge < -0.3 is 16.0 Å². The number of halogens is 1. The van der Waals surface area contributed by atoms with Crippen LogP contribution in [0.3, 0.4) is 0 Å². The second-order valence-electron chi connectivity index (χ2n) is 9.70. The van der Waals surface area contributed by atoms with E-state index in [1.807, 2.05) is 0 Å². The van der Waals surface area contributed by atoms with Crippen molar-refractivity contribution in [3.05, 3.63) is 21.0 Å². The van der Waals surface area contributed by atoms with Gasteiger partial charge in [-0.25, -0.2) is 4.68 Å². The van der Waals surface area contributed by atoms with Gasteiger partial charge in [0.05, 0.1) is 11.9 Å². The van der Waals surface area contributed by atoms with Gasteiger partial charge in [-0.2, -0.15) is 5.10 Å². The molecule has 8 heteroatoms. The molecule has 2 bridgehead atoms. The quantitative estimate of drug-likeness (QED) is 0.599. The highest BCUT2D eigenvalue weighted by Gasteiger charge is 2.56. The smallest absolute Gasteiger partial charge is 0.283 e. The second-order valence-corrected chi connectivity index (χ2v) is 10.5. The molecule has 5 rings (SSSR count). The summed E-state index contributed by atoms with van der Waals surface area (Å²) in [7, 11) is 0. The molecule has 3 saturated carbocycles. The molecule has 7 nitrogen and oxygen atoms in total. The van der Waals surface area contributed by atoms with Crippen LogP contribution < -0.4 is 21.5 Å². The molecule has 4 aliphatic rings. The fraction of sp³-hybridized carbons (Fsp3) is 0.762. The molecule has 1 aromatic rings. The maximum Gasteiger partial charge on any atom is 0.283 e. The van der Waals surface area contributed by atoms with Gasteiger partial charge in [-0.3, -0.25) is 9.59 Å². The molecule has 1 aliphatic heterocycles. The number of aromatic nitrogens is 2. The first-order valence-corrected chi connectivity index (χ1v) is 11.6. The molecule has 1 amide bonds. The molecule has 1 aromatic heterocycles. The van der Waals surface area contributed by atoms with Gasteiger partial charge in [0.15, 0.2) is 0 Å². The van der Waals surface area contributed by atoms with Gasteiger partial charge in [-0.15, -0.1) is 0 Å². The van der Waals surface area contributed by atoms with Crippen LogP contribution in [-0.2, 0) is 11.3 Å². The van der Waals surface area contributed by atoms with E-state index in [9.17, 15) is 9.59 Å². The fourth-order valence-corrected chi connectivity index (χ4v) is 5.98. The van der Waals surface area contributed by atoms with E-state index >= 15 is 0 Å². The van der Waals surface area contributed by atoms with Gasteiger partial charge in [0.25, 0.3) is 5.56 Å². The third-order valence-electron chi connectivity index (χ3n) is 7.72. The summed E-state index contributed by atoms with van der Waals surface area (Å²) in [5.41, 5.74) is 0.875. The number of amides is 1. The van der Waals surface area contributed by atoms with Crippen molar-refractivity contribution in [3.8, 4) is 0 Å². The molecule has 0 aromatic carbocycles. The molecule has 29 heavy (non-hydrogen) atoms. The van der Waals surface area contributed by atoms with E-state index in [1.54, 1.807) is 6.20 Å².